The van der Waals surface area contributed by atoms with Gasteiger partial charge in [-0.05, 0) is 61.1 Å². The van der Waals surface area contributed by atoms with Gasteiger partial charge in [-0.1, -0.05) is 0 Å². The first-order chi connectivity index (χ1) is 11.9. The minimum Gasteiger partial charge on any atom is -0.383 e. The van der Waals surface area contributed by atoms with Crippen molar-refractivity contribution in [3.8, 4) is 0 Å². The smallest absolute Gasteiger partial charge is 0.191 e. The molecule has 0 spiro atoms. The third-order valence-corrected chi connectivity index (χ3v) is 4.20. The van der Waals surface area contributed by atoms with E-state index in [0.717, 1.165) is 64.7 Å². The Labute approximate surface area is 179 Å². The lowest BCUT2D eigenvalue weighted by atomic mass is 10.2. The molecule has 0 unspecified atom stereocenters. The number of aliphatic imine (C=N–C) groups is 1. The molecule has 0 aliphatic rings. The molecule has 6 nitrogen and oxygen atoms in total. The summed E-state index contributed by atoms with van der Waals surface area (Å²) in [5, 5.41) is 6.79. The number of likely N-dealkylation sites (N-methyl/N-ethyl adjacent to an activating group) is 1. The van der Waals surface area contributed by atoms with Gasteiger partial charge in [-0.15, -0.1) is 24.0 Å². The van der Waals surface area contributed by atoms with E-state index in [4.69, 9.17) is 4.74 Å². The van der Waals surface area contributed by atoms with Gasteiger partial charge >= 0.3 is 0 Å². The number of hydrogen-bond donors (Lipinski definition) is 2. The molecule has 0 aliphatic heterocycles. The normalized spacial score (nSPS) is 12.2. The summed E-state index contributed by atoms with van der Waals surface area (Å²) in [6.07, 6.45) is 2.19. The first-order valence-electron chi connectivity index (χ1n) is 9.87. The first kappa shape index (κ1) is 28.1. The molecule has 0 saturated carbocycles. The summed E-state index contributed by atoms with van der Waals surface area (Å²) < 4.78 is 5.10. The van der Waals surface area contributed by atoms with Crippen molar-refractivity contribution in [2.75, 3.05) is 60.0 Å². The van der Waals surface area contributed by atoms with Crippen LogP contribution < -0.4 is 10.6 Å². The first-order valence-corrected chi connectivity index (χ1v) is 9.87. The van der Waals surface area contributed by atoms with Crippen LogP contribution in [0, 0.1) is 0 Å². The van der Waals surface area contributed by atoms with Gasteiger partial charge in [0.15, 0.2) is 5.96 Å². The largest absolute Gasteiger partial charge is 0.383 e. The number of ether oxygens (including phenoxy) is 1. The summed E-state index contributed by atoms with van der Waals surface area (Å²) in [6, 6.07) is 1.19. The Morgan fingerprint density at radius 3 is 2.19 bits per heavy atom. The van der Waals surface area contributed by atoms with Crippen molar-refractivity contribution in [3.63, 3.8) is 0 Å². The highest BCUT2D eigenvalue weighted by Crippen LogP contribution is 2.05. The quantitative estimate of drug-likeness (QED) is 0.172. The average Bonchev–Trinajstić information content (AvgIpc) is 2.55. The Hall–Kier alpha value is -0.120. The number of nitrogens with zero attached hydrogens (tertiary/aromatic N) is 3. The molecule has 26 heavy (non-hydrogen) atoms. The van der Waals surface area contributed by atoms with Crippen LogP contribution in [0.5, 0.6) is 0 Å². The summed E-state index contributed by atoms with van der Waals surface area (Å²) in [5.74, 6) is 0.933. The van der Waals surface area contributed by atoms with Crippen molar-refractivity contribution in [1.29, 1.82) is 0 Å². The fourth-order valence-electron chi connectivity index (χ4n) is 2.81. The molecule has 0 aromatic rings. The number of hydrogen-bond acceptors (Lipinski definition) is 4. The molecule has 0 aliphatic carbocycles. The van der Waals surface area contributed by atoms with Crippen LogP contribution in [0.25, 0.3) is 0 Å². The second-order valence-corrected chi connectivity index (χ2v) is 7.12. The van der Waals surface area contributed by atoms with E-state index in [2.05, 4.69) is 67.1 Å². The van der Waals surface area contributed by atoms with Crippen LogP contribution in [0.1, 0.15) is 47.5 Å². The summed E-state index contributed by atoms with van der Waals surface area (Å²) in [7, 11) is 3.87. The Bertz CT molecular complexity index is 332. The number of methoxy groups -OCH3 is 1. The van der Waals surface area contributed by atoms with Gasteiger partial charge in [-0.2, -0.15) is 0 Å². The third-order valence-electron chi connectivity index (χ3n) is 4.20. The summed E-state index contributed by atoms with van der Waals surface area (Å²) in [5.41, 5.74) is 0. The molecule has 0 rings (SSSR count). The Morgan fingerprint density at radius 1 is 1.00 bits per heavy atom. The SMILES string of the molecule is CCNC(=NCCCN(C)CCOC)NCCCN(C(C)C)C(C)C.I. The maximum atomic E-state index is 5.10. The lowest BCUT2D eigenvalue weighted by Gasteiger charge is -2.30. The van der Waals surface area contributed by atoms with Crippen LogP contribution in [0.3, 0.4) is 0 Å². The minimum atomic E-state index is 0. The summed E-state index contributed by atoms with van der Waals surface area (Å²) >= 11 is 0. The standard InChI is InChI=1S/C19H43N5O.HI/c1-8-20-19(21-11-9-13-23(6)15-16-25-7)22-12-10-14-24(17(2)3)18(4)5;/h17-18H,8-16H2,1-7H3,(H2,20,21,22);1H. The van der Waals surface area contributed by atoms with Gasteiger partial charge in [0.2, 0.25) is 0 Å². The van der Waals surface area contributed by atoms with Crippen LogP contribution in [0.2, 0.25) is 0 Å². The highest BCUT2D eigenvalue weighted by atomic mass is 127. The fourth-order valence-corrected chi connectivity index (χ4v) is 2.81. The van der Waals surface area contributed by atoms with Gasteiger partial charge in [0.05, 0.1) is 6.61 Å². The monoisotopic (exact) mass is 485 g/mol. The molecule has 7 heteroatoms. The Balaban J connectivity index is 0. The zero-order chi connectivity index (χ0) is 19.1. The van der Waals surface area contributed by atoms with Crippen molar-refractivity contribution < 1.29 is 4.74 Å². The summed E-state index contributed by atoms with van der Waals surface area (Å²) in [4.78, 5) is 9.49. The van der Waals surface area contributed by atoms with E-state index in [-0.39, 0.29) is 24.0 Å². The molecule has 2 N–H and O–H groups in total. The van der Waals surface area contributed by atoms with Gasteiger partial charge in [-0.3, -0.25) is 9.89 Å². The lowest BCUT2D eigenvalue weighted by Crippen LogP contribution is -2.41. The number of nitrogens with one attached hydrogen (secondary N) is 2. The van der Waals surface area contributed by atoms with Crippen molar-refractivity contribution >= 4 is 29.9 Å². The van der Waals surface area contributed by atoms with Crippen molar-refractivity contribution in [2.45, 2.75) is 59.5 Å². The van der Waals surface area contributed by atoms with Gasteiger partial charge in [0.1, 0.15) is 0 Å². The number of guanidine groups is 1. The highest BCUT2D eigenvalue weighted by molar-refractivity contribution is 14.0. The minimum absolute atomic E-state index is 0. The van der Waals surface area contributed by atoms with Gasteiger partial charge in [0.25, 0.3) is 0 Å². The van der Waals surface area contributed by atoms with Crippen LogP contribution >= 0.6 is 24.0 Å². The van der Waals surface area contributed by atoms with E-state index in [9.17, 15) is 0 Å². The molecule has 0 radical (unpaired) electrons. The van der Waals surface area contributed by atoms with Crippen molar-refractivity contribution in [3.05, 3.63) is 0 Å². The Kier molecular flexibility index (Phi) is 19.7. The molecular formula is C19H44IN5O. The molecule has 0 amide bonds. The third kappa shape index (κ3) is 15.0. The van der Waals surface area contributed by atoms with Gasteiger partial charge in [-0.25, -0.2) is 0 Å². The molecule has 0 aromatic carbocycles. The van der Waals surface area contributed by atoms with Crippen LogP contribution in [-0.4, -0.2) is 87.9 Å². The lowest BCUT2D eigenvalue weighted by molar-refractivity contribution is 0.161. The van der Waals surface area contributed by atoms with E-state index in [1.807, 2.05) is 0 Å². The molecule has 0 heterocycles. The van der Waals surface area contributed by atoms with Gasteiger partial charge in [0, 0.05) is 51.9 Å². The Morgan fingerprint density at radius 2 is 1.65 bits per heavy atom. The zero-order valence-corrected chi connectivity index (χ0v) is 20.5. The second kappa shape index (κ2) is 18.3. The van der Waals surface area contributed by atoms with E-state index < -0.39 is 0 Å². The van der Waals surface area contributed by atoms with Crippen molar-refractivity contribution in [2.24, 2.45) is 4.99 Å². The average molecular weight is 485 g/mol. The van der Waals surface area contributed by atoms with Crippen LogP contribution in [0.15, 0.2) is 4.99 Å². The molecule has 0 atom stereocenters. The van der Waals surface area contributed by atoms with E-state index in [1.165, 1.54) is 0 Å². The van der Waals surface area contributed by atoms with Crippen LogP contribution in [0.4, 0.5) is 0 Å². The van der Waals surface area contributed by atoms with Crippen LogP contribution in [-0.2, 0) is 4.74 Å². The maximum absolute atomic E-state index is 5.10. The molecule has 0 aromatic heterocycles. The fraction of sp³-hybridized carbons (Fsp3) is 0.947. The molecular weight excluding hydrogens is 441 g/mol. The topological polar surface area (TPSA) is 52.1 Å². The summed E-state index contributed by atoms with van der Waals surface area (Å²) in [6.45, 7) is 17.8. The maximum Gasteiger partial charge on any atom is 0.191 e. The predicted octanol–water partition coefficient (Wildman–Crippen LogP) is 2.64. The molecule has 0 bridgehead atoms. The number of rotatable bonds is 14. The zero-order valence-electron chi connectivity index (χ0n) is 18.2. The van der Waals surface area contributed by atoms with Crippen molar-refractivity contribution in [1.82, 2.24) is 20.4 Å². The van der Waals surface area contributed by atoms with E-state index in [0.29, 0.717) is 12.1 Å². The molecule has 158 valence electrons. The molecule has 0 saturated heterocycles. The highest BCUT2D eigenvalue weighted by Gasteiger charge is 2.12. The number of halogens is 1. The predicted molar refractivity (Wildman–Crippen MR) is 125 cm³/mol. The van der Waals surface area contributed by atoms with E-state index in [1.54, 1.807) is 7.11 Å². The second-order valence-electron chi connectivity index (χ2n) is 7.12. The molecule has 0 fully saturated rings. The van der Waals surface area contributed by atoms with Gasteiger partial charge < -0.3 is 20.3 Å². The van der Waals surface area contributed by atoms with E-state index >= 15 is 0 Å².